The molecule has 0 bridgehead atoms. The molecule has 1 aliphatic rings. The van der Waals surface area contributed by atoms with Gasteiger partial charge in [-0.05, 0) is 35.4 Å². The van der Waals surface area contributed by atoms with Crippen LogP contribution in [0.4, 0.5) is 0 Å². The van der Waals surface area contributed by atoms with Crippen molar-refractivity contribution in [3.63, 3.8) is 0 Å². The van der Waals surface area contributed by atoms with Crippen molar-refractivity contribution in [2.75, 3.05) is 27.4 Å². The summed E-state index contributed by atoms with van der Waals surface area (Å²) in [5.41, 5.74) is 2.11. The van der Waals surface area contributed by atoms with Gasteiger partial charge in [0.05, 0.1) is 31.6 Å². The van der Waals surface area contributed by atoms with E-state index in [0.29, 0.717) is 48.8 Å². The van der Waals surface area contributed by atoms with Crippen molar-refractivity contribution < 1.29 is 24.1 Å². The van der Waals surface area contributed by atoms with Crippen LogP contribution in [0.1, 0.15) is 53.2 Å². The molecule has 37 heavy (non-hydrogen) atoms. The van der Waals surface area contributed by atoms with Crippen LogP contribution in [0.5, 0.6) is 11.5 Å². The van der Waals surface area contributed by atoms with E-state index in [0.717, 1.165) is 11.1 Å². The third kappa shape index (κ3) is 5.22. The van der Waals surface area contributed by atoms with Crippen LogP contribution < -0.4 is 10.3 Å². The Balaban J connectivity index is 1.98. The smallest absolute Gasteiger partial charge is 0.347 e. The van der Waals surface area contributed by atoms with Gasteiger partial charge in [0.25, 0.3) is 5.56 Å². The van der Waals surface area contributed by atoms with Crippen molar-refractivity contribution in [1.29, 1.82) is 0 Å². The fourth-order valence-electron chi connectivity index (χ4n) is 4.81. The van der Waals surface area contributed by atoms with E-state index in [1.54, 1.807) is 7.11 Å². The Labute approximate surface area is 220 Å². The summed E-state index contributed by atoms with van der Waals surface area (Å²) in [5.74, 6) is -0.912. The van der Waals surface area contributed by atoms with Crippen LogP contribution in [0, 0.1) is 5.92 Å². The molecule has 0 aliphatic heterocycles. The molecule has 0 spiro atoms. The van der Waals surface area contributed by atoms with Gasteiger partial charge in [-0.15, -0.1) is 0 Å². The number of rotatable bonds is 9. The number of hydrogen-bond acceptors (Lipinski definition) is 7. The summed E-state index contributed by atoms with van der Waals surface area (Å²) in [4.78, 5) is 31.0. The Morgan fingerprint density at radius 1 is 1.22 bits per heavy atom. The summed E-state index contributed by atoms with van der Waals surface area (Å²) in [6.45, 7) is 5.22. The van der Waals surface area contributed by atoms with Crippen molar-refractivity contribution in [3.8, 4) is 22.9 Å². The molecule has 4 rings (SSSR count). The lowest BCUT2D eigenvalue weighted by Gasteiger charge is -2.33. The summed E-state index contributed by atoms with van der Waals surface area (Å²) >= 11 is 6.54. The van der Waals surface area contributed by atoms with Crippen molar-refractivity contribution in [1.82, 2.24) is 9.55 Å². The van der Waals surface area contributed by atoms with E-state index >= 15 is 0 Å². The van der Waals surface area contributed by atoms with Crippen LogP contribution in [0.25, 0.3) is 11.4 Å². The fourth-order valence-corrected chi connectivity index (χ4v) is 5.00. The highest BCUT2D eigenvalue weighted by molar-refractivity contribution is 6.31. The number of aromatic hydroxyl groups is 1. The van der Waals surface area contributed by atoms with Gasteiger partial charge in [-0.25, -0.2) is 9.78 Å². The Kier molecular flexibility index (Phi) is 8.19. The number of benzene rings is 1. The van der Waals surface area contributed by atoms with Crippen LogP contribution in [0.15, 0.2) is 41.2 Å². The molecule has 1 aromatic carbocycles. The molecule has 0 fully saturated rings. The highest BCUT2D eigenvalue weighted by atomic mass is 35.5. The van der Waals surface area contributed by atoms with Crippen LogP contribution in [-0.2, 0) is 22.4 Å². The van der Waals surface area contributed by atoms with Crippen molar-refractivity contribution in [3.05, 3.63) is 74.2 Å². The molecule has 3 aromatic rings. The quantitative estimate of drug-likeness (QED) is 0.242. The van der Waals surface area contributed by atoms with Gasteiger partial charge >= 0.3 is 5.97 Å². The van der Waals surface area contributed by atoms with Gasteiger partial charge in [-0.3, -0.25) is 4.79 Å². The van der Waals surface area contributed by atoms with Crippen LogP contribution in [0.3, 0.4) is 0 Å². The Morgan fingerprint density at radius 3 is 2.59 bits per heavy atom. The second-order valence-electron chi connectivity index (χ2n) is 9.39. The third-order valence-corrected chi connectivity index (χ3v) is 6.93. The number of pyridine rings is 2. The summed E-state index contributed by atoms with van der Waals surface area (Å²) in [6, 6.07) is 11.3. The minimum Gasteiger partial charge on any atom is -0.506 e. The van der Waals surface area contributed by atoms with E-state index in [2.05, 4.69) is 4.98 Å². The number of carbonyl (C=O) groups is 1. The number of fused-ring (bicyclic) bond motifs is 3. The molecule has 1 aliphatic carbocycles. The molecule has 2 aromatic heterocycles. The summed E-state index contributed by atoms with van der Waals surface area (Å²) in [5, 5.41) is 11.5. The Bertz CT molecular complexity index is 1350. The second-order valence-corrected chi connectivity index (χ2v) is 9.75. The molecule has 1 unspecified atom stereocenters. The highest BCUT2D eigenvalue weighted by Crippen LogP contribution is 2.48. The summed E-state index contributed by atoms with van der Waals surface area (Å²) < 4.78 is 17.3. The molecule has 0 saturated carbocycles. The molecule has 9 heteroatoms. The van der Waals surface area contributed by atoms with Gasteiger partial charge in [0.15, 0.2) is 16.5 Å². The average molecular weight is 527 g/mol. The monoisotopic (exact) mass is 526 g/mol. The minimum absolute atomic E-state index is 0.0766. The largest absolute Gasteiger partial charge is 0.506 e. The van der Waals surface area contributed by atoms with Crippen molar-refractivity contribution in [2.24, 2.45) is 5.92 Å². The van der Waals surface area contributed by atoms with E-state index in [-0.39, 0.29) is 34.8 Å². The van der Waals surface area contributed by atoms with E-state index in [4.69, 9.17) is 25.8 Å². The number of hydrogen-bond donors (Lipinski definition) is 1. The van der Waals surface area contributed by atoms with Gasteiger partial charge < -0.3 is 23.9 Å². The first-order valence-electron chi connectivity index (χ1n) is 12.2. The highest BCUT2D eigenvalue weighted by Gasteiger charge is 2.37. The molecular formula is C28H31ClN2O6. The zero-order valence-corrected chi connectivity index (χ0v) is 22.2. The van der Waals surface area contributed by atoms with E-state index in [1.165, 1.54) is 11.7 Å². The maximum Gasteiger partial charge on any atom is 0.347 e. The number of nitrogens with zero attached hydrogens (tertiary/aromatic N) is 2. The maximum atomic E-state index is 13.7. The van der Waals surface area contributed by atoms with E-state index < -0.39 is 11.5 Å². The minimum atomic E-state index is -0.883. The molecule has 1 N–H and O–H groups in total. The number of carbonyl (C=O) groups excluding carboxylic acids is 1. The first-order valence-corrected chi connectivity index (χ1v) is 12.6. The third-order valence-electron chi connectivity index (χ3n) is 6.66. The lowest BCUT2D eigenvalue weighted by Crippen LogP contribution is -2.33. The molecular weight excluding hydrogens is 496 g/mol. The SMILES string of the molecule is COCCCOc1cc2c(nc1Cl)-c1c(c(O)c(C(=O)OC)c(=O)n1Cc1ccccc1)C(C(C)C)C2. The molecule has 0 saturated heterocycles. The van der Waals surface area contributed by atoms with Crippen LogP contribution >= 0.6 is 11.6 Å². The first kappa shape index (κ1) is 26.7. The summed E-state index contributed by atoms with van der Waals surface area (Å²) in [6.07, 6.45) is 1.22. The predicted octanol–water partition coefficient (Wildman–Crippen LogP) is 4.82. The average Bonchev–Trinajstić information content (AvgIpc) is 2.89. The molecule has 8 nitrogen and oxygen atoms in total. The van der Waals surface area contributed by atoms with E-state index in [9.17, 15) is 14.7 Å². The van der Waals surface area contributed by atoms with Gasteiger partial charge in [0, 0.05) is 25.7 Å². The predicted molar refractivity (Wildman–Crippen MR) is 141 cm³/mol. The molecule has 0 amide bonds. The van der Waals surface area contributed by atoms with Crippen LogP contribution in [0.2, 0.25) is 5.15 Å². The second kappa shape index (κ2) is 11.4. The number of aromatic nitrogens is 2. The van der Waals surface area contributed by atoms with Gasteiger partial charge in [-0.1, -0.05) is 55.8 Å². The number of esters is 1. The van der Waals surface area contributed by atoms with Crippen molar-refractivity contribution in [2.45, 2.75) is 39.2 Å². The fraction of sp³-hybridized carbons (Fsp3) is 0.393. The zero-order chi connectivity index (χ0) is 26.7. The molecule has 0 radical (unpaired) electrons. The number of halogens is 1. The van der Waals surface area contributed by atoms with Gasteiger partial charge in [0.2, 0.25) is 0 Å². The van der Waals surface area contributed by atoms with Gasteiger partial charge in [-0.2, -0.15) is 0 Å². The zero-order valence-electron chi connectivity index (χ0n) is 21.4. The lowest BCUT2D eigenvalue weighted by atomic mass is 9.76. The van der Waals surface area contributed by atoms with E-state index in [1.807, 2.05) is 50.2 Å². The first-order chi connectivity index (χ1) is 17.8. The topological polar surface area (TPSA) is 99.9 Å². The normalized spacial score (nSPS) is 14.3. The van der Waals surface area contributed by atoms with Crippen molar-refractivity contribution >= 4 is 17.6 Å². The maximum absolute atomic E-state index is 13.7. The standard InChI is InChI=1S/C28H31ClN2O6/c1-16(2)19-13-18-14-20(37-12-8-11-35-3)26(29)30-23(18)24-21(19)25(32)22(28(34)36-4)27(33)31(24)15-17-9-6-5-7-10-17/h5-7,9-10,14,16,19,32H,8,11-13,15H2,1-4H3. The molecule has 1 atom stereocenters. The lowest BCUT2D eigenvalue weighted by molar-refractivity contribution is 0.0594. The van der Waals surface area contributed by atoms with Crippen LogP contribution in [-0.4, -0.2) is 48.1 Å². The molecule has 196 valence electrons. The Morgan fingerprint density at radius 2 is 1.95 bits per heavy atom. The summed E-state index contributed by atoms with van der Waals surface area (Å²) in [7, 11) is 2.82. The molecule has 2 heterocycles. The number of ether oxygens (including phenoxy) is 3. The Hall–Kier alpha value is -3.36. The van der Waals surface area contributed by atoms with Gasteiger partial charge in [0.1, 0.15) is 5.75 Å². The number of methoxy groups -OCH3 is 2.